The fourth-order valence-corrected chi connectivity index (χ4v) is 4.06. The Labute approximate surface area is 195 Å². The fourth-order valence-electron chi connectivity index (χ4n) is 4.06. The number of rotatable bonds is 7. The molecule has 2 amide bonds. The molecule has 1 fully saturated rings. The Morgan fingerprint density at radius 3 is 2.76 bits per heavy atom. The lowest BCUT2D eigenvalue weighted by Gasteiger charge is -2.41. The molecule has 0 unspecified atom stereocenters. The summed E-state index contributed by atoms with van der Waals surface area (Å²) in [6.45, 7) is 4.54. The Kier molecular flexibility index (Phi) is 6.52. The number of aliphatic hydroxyl groups excluding tert-OH is 1. The maximum atomic E-state index is 13.0. The highest BCUT2D eigenvalue weighted by atomic mass is 19.3. The van der Waals surface area contributed by atoms with Crippen LogP contribution in [-0.4, -0.2) is 45.4 Å². The molecule has 0 aliphatic carbocycles. The average Bonchev–Trinajstić information content (AvgIpc) is 3.13. The molecule has 2 N–H and O–H groups in total. The van der Waals surface area contributed by atoms with Crippen LogP contribution < -0.4 is 10.2 Å². The first-order valence-corrected chi connectivity index (χ1v) is 11.0. The molecule has 3 aromatic rings. The van der Waals surface area contributed by atoms with Gasteiger partial charge in [-0.15, -0.1) is 0 Å². The maximum Gasteiger partial charge on any atom is 0.414 e. The van der Waals surface area contributed by atoms with E-state index in [1.807, 2.05) is 13.8 Å². The van der Waals surface area contributed by atoms with Gasteiger partial charge < -0.3 is 14.4 Å². The van der Waals surface area contributed by atoms with Gasteiger partial charge in [-0.25, -0.2) is 18.6 Å². The number of carbonyl (C=O) groups is 2. The molecular formula is C24H26F2N4O4. The number of aliphatic hydroxyl groups is 1. The predicted molar refractivity (Wildman–Crippen MR) is 123 cm³/mol. The number of amides is 2. The van der Waals surface area contributed by atoms with Crippen LogP contribution in [0.4, 0.5) is 25.2 Å². The van der Waals surface area contributed by atoms with E-state index in [1.165, 1.54) is 18.2 Å². The molecule has 1 aromatic heterocycles. The quantitative estimate of drug-likeness (QED) is 0.518. The molecular weight excluding hydrogens is 446 g/mol. The van der Waals surface area contributed by atoms with Crippen molar-refractivity contribution in [1.82, 2.24) is 9.55 Å². The van der Waals surface area contributed by atoms with E-state index in [1.54, 1.807) is 27.7 Å². The Bertz CT molecular complexity index is 1220. The monoisotopic (exact) mass is 472 g/mol. The SMILES string of the molecule is CC1(C)CCOC(=O)N1c1ccc2nc(NC(=O)c3cccc(C(F)F)c3)n(CCCO)c2c1. The van der Waals surface area contributed by atoms with Crippen LogP contribution in [0.3, 0.4) is 0 Å². The number of benzene rings is 2. The zero-order chi connectivity index (χ0) is 24.5. The second-order valence-electron chi connectivity index (χ2n) is 8.73. The van der Waals surface area contributed by atoms with Crippen LogP contribution in [-0.2, 0) is 11.3 Å². The lowest BCUT2D eigenvalue weighted by atomic mass is 9.97. The molecule has 0 spiro atoms. The highest BCUT2D eigenvalue weighted by molar-refractivity contribution is 6.04. The van der Waals surface area contributed by atoms with Crippen molar-refractivity contribution >= 4 is 34.7 Å². The number of hydrogen-bond acceptors (Lipinski definition) is 5. The molecule has 2 heterocycles. The number of imidazole rings is 1. The van der Waals surface area contributed by atoms with Crippen molar-refractivity contribution in [3.8, 4) is 0 Å². The van der Waals surface area contributed by atoms with Gasteiger partial charge in [-0.2, -0.15) is 0 Å². The third kappa shape index (κ3) is 4.58. The van der Waals surface area contributed by atoms with Crippen molar-refractivity contribution in [1.29, 1.82) is 0 Å². The van der Waals surface area contributed by atoms with Crippen molar-refractivity contribution in [2.45, 2.75) is 45.2 Å². The molecule has 8 nitrogen and oxygen atoms in total. The number of cyclic esters (lactones) is 1. The Hall–Kier alpha value is -3.53. The number of hydrogen-bond donors (Lipinski definition) is 2. The number of aryl methyl sites for hydroxylation is 1. The van der Waals surface area contributed by atoms with Crippen LogP contribution in [0.25, 0.3) is 11.0 Å². The number of aromatic nitrogens is 2. The van der Waals surface area contributed by atoms with Gasteiger partial charge in [0.2, 0.25) is 5.95 Å². The third-order valence-corrected chi connectivity index (χ3v) is 5.88. The molecule has 34 heavy (non-hydrogen) atoms. The summed E-state index contributed by atoms with van der Waals surface area (Å²) in [5.41, 5.74) is 1.22. The molecule has 1 aliphatic rings. The van der Waals surface area contributed by atoms with E-state index in [9.17, 15) is 23.5 Å². The first kappa shape index (κ1) is 23.6. The molecule has 0 saturated carbocycles. The van der Waals surface area contributed by atoms with E-state index in [2.05, 4.69) is 10.3 Å². The normalized spacial score (nSPS) is 15.6. The average molecular weight is 472 g/mol. The molecule has 180 valence electrons. The first-order valence-electron chi connectivity index (χ1n) is 11.0. The summed E-state index contributed by atoms with van der Waals surface area (Å²) in [6.07, 6.45) is -2.06. The van der Waals surface area contributed by atoms with Crippen molar-refractivity contribution in [2.75, 3.05) is 23.4 Å². The molecule has 1 aliphatic heterocycles. The van der Waals surface area contributed by atoms with Crippen LogP contribution >= 0.6 is 0 Å². The number of alkyl halides is 2. The topological polar surface area (TPSA) is 96.7 Å². The van der Waals surface area contributed by atoms with Gasteiger partial charge in [0.25, 0.3) is 12.3 Å². The first-order chi connectivity index (χ1) is 16.2. The van der Waals surface area contributed by atoms with E-state index >= 15 is 0 Å². The highest BCUT2D eigenvalue weighted by Gasteiger charge is 2.37. The summed E-state index contributed by atoms with van der Waals surface area (Å²) in [4.78, 5) is 31.4. The summed E-state index contributed by atoms with van der Waals surface area (Å²) in [7, 11) is 0. The van der Waals surface area contributed by atoms with E-state index in [4.69, 9.17) is 4.74 Å². The second kappa shape index (κ2) is 9.38. The lowest BCUT2D eigenvalue weighted by Crippen LogP contribution is -2.52. The van der Waals surface area contributed by atoms with Crippen LogP contribution in [0, 0.1) is 0 Å². The summed E-state index contributed by atoms with van der Waals surface area (Å²) in [6, 6.07) is 10.5. The smallest absolute Gasteiger partial charge is 0.414 e. The number of ether oxygens (including phenoxy) is 1. The zero-order valence-corrected chi connectivity index (χ0v) is 18.9. The fraction of sp³-hybridized carbons (Fsp3) is 0.375. The Morgan fingerprint density at radius 2 is 2.06 bits per heavy atom. The van der Waals surface area contributed by atoms with Crippen LogP contribution in [0.5, 0.6) is 0 Å². The molecule has 0 radical (unpaired) electrons. The standard InChI is InChI=1S/C24H26F2N4O4/c1-24(2)9-12-34-23(33)30(24)17-7-8-18-19(14-17)29(10-4-11-31)22(27-18)28-21(32)16-6-3-5-15(13-16)20(25)26/h3,5-8,13-14,20,31H,4,9-12H2,1-2H3,(H,27,28,32). The molecule has 0 atom stereocenters. The van der Waals surface area contributed by atoms with E-state index < -0.39 is 24.0 Å². The zero-order valence-electron chi connectivity index (χ0n) is 18.9. The summed E-state index contributed by atoms with van der Waals surface area (Å²) in [5, 5.41) is 12.1. The number of anilines is 2. The van der Waals surface area contributed by atoms with Gasteiger partial charge in [0.05, 0.1) is 17.6 Å². The summed E-state index contributed by atoms with van der Waals surface area (Å²) < 4.78 is 33.1. The maximum absolute atomic E-state index is 13.0. The van der Waals surface area contributed by atoms with Gasteiger partial charge in [-0.05, 0) is 50.6 Å². The van der Waals surface area contributed by atoms with Gasteiger partial charge in [0.15, 0.2) is 0 Å². The van der Waals surface area contributed by atoms with Crippen molar-refractivity contribution in [3.05, 3.63) is 53.6 Å². The number of nitrogens with zero attached hydrogens (tertiary/aromatic N) is 3. The molecule has 4 rings (SSSR count). The molecule has 2 aromatic carbocycles. The van der Waals surface area contributed by atoms with Crippen LogP contribution in [0.2, 0.25) is 0 Å². The minimum absolute atomic E-state index is 0.0747. The Balaban J connectivity index is 1.72. The minimum Gasteiger partial charge on any atom is -0.449 e. The van der Waals surface area contributed by atoms with E-state index in [0.717, 1.165) is 6.07 Å². The predicted octanol–water partition coefficient (Wildman–Crippen LogP) is 4.73. The molecule has 10 heteroatoms. The minimum atomic E-state index is -2.69. The van der Waals surface area contributed by atoms with Crippen molar-refractivity contribution in [2.24, 2.45) is 0 Å². The Morgan fingerprint density at radius 1 is 1.26 bits per heavy atom. The van der Waals surface area contributed by atoms with Gasteiger partial charge in [0, 0.05) is 41.9 Å². The van der Waals surface area contributed by atoms with Crippen LogP contribution in [0.1, 0.15) is 49.0 Å². The van der Waals surface area contributed by atoms with Gasteiger partial charge in [-0.1, -0.05) is 12.1 Å². The lowest BCUT2D eigenvalue weighted by molar-refractivity contribution is 0.102. The third-order valence-electron chi connectivity index (χ3n) is 5.88. The number of carbonyl (C=O) groups excluding carboxylic acids is 2. The van der Waals surface area contributed by atoms with Crippen molar-refractivity contribution in [3.63, 3.8) is 0 Å². The highest BCUT2D eigenvalue weighted by Crippen LogP contribution is 2.34. The van der Waals surface area contributed by atoms with Gasteiger partial charge in [0.1, 0.15) is 0 Å². The van der Waals surface area contributed by atoms with E-state index in [-0.39, 0.29) is 23.7 Å². The number of fused-ring (bicyclic) bond motifs is 1. The number of nitrogens with one attached hydrogen (secondary N) is 1. The largest absolute Gasteiger partial charge is 0.449 e. The van der Waals surface area contributed by atoms with Gasteiger partial charge >= 0.3 is 6.09 Å². The molecule has 1 saturated heterocycles. The van der Waals surface area contributed by atoms with Crippen molar-refractivity contribution < 1.29 is 28.2 Å². The second-order valence-corrected chi connectivity index (χ2v) is 8.73. The number of halogens is 2. The van der Waals surface area contributed by atoms with E-state index in [0.29, 0.717) is 42.7 Å². The molecule has 0 bridgehead atoms. The van der Waals surface area contributed by atoms with Crippen LogP contribution in [0.15, 0.2) is 42.5 Å². The summed E-state index contributed by atoms with van der Waals surface area (Å²) in [5.74, 6) is -0.363. The van der Waals surface area contributed by atoms with Gasteiger partial charge in [-0.3, -0.25) is 15.0 Å². The summed E-state index contributed by atoms with van der Waals surface area (Å²) >= 11 is 0.